The Kier molecular flexibility index (Phi) is 8.40. The van der Waals surface area contributed by atoms with E-state index < -0.39 is 0 Å². The fourth-order valence-corrected chi connectivity index (χ4v) is 3.97. The van der Waals surface area contributed by atoms with Crippen LogP contribution in [0.25, 0.3) is 0 Å². The standard InChI is InChI=1S/C23H32FN3O2/c1-28-14-13-26-11-7-20(8-12-26)17-27(16-19-5-9-25-10-6-19)18-21-3-4-22(24)23(15-21)29-2/h3-6,9-10,15,20H,7-8,11-14,16-18H2,1-2H3. The van der Waals surface area contributed by atoms with Gasteiger partial charge in [0.1, 0.15) is 0 Å². The van der Waals surface area contributed by atoms with Crippen molar-refractivity contribution in [2.75, 3.05) is 47.0 Å². The molecule has 1 aromatic heterocycles. The highest BCUT2D eigenvalue weighted by atomic mass is 19.1. The maximum absolute atomic E-state index is 13.8. The van der Waals surface area contributed by atoms with Crippen LogP contribution in [0.4, 0.5) is 4.39 Å². The molecule has 0 saturated carbocycles. The molecular formula is C23H32FN3O2. The van der Waals surface area contributed by atoms with E-state index in [0.717, 1.165) is 51.4 Å². The summed E-state index contributed by atoms with van der Waals surface area (Å²) in [6, 6.07) is 9.28. The van der Waals surface area contributed by atoms with E-state index in [2.05, 4.69) is 26.9 Å². The molecule has 0 atom stereocenters. The monoisotopic (exact) mass is 401 g/mol. The molecule has 0 amide bonds. The molecule has 3 rings (SSSR count). The van der Waals surface area contributed by atoms with Gasteiger partial charge in [0.15, 0.2) is 11.6 Å². The van der Waals surface area contributed by atoms with E-state index in [4.69, 9.17) is 9.47 Å². The molecule has 2 aromatic rings. The highest BCUT2D eigenvalue weighted by Crippen LogP contribution is 2.23. The zero-order valence-electron chi connectivity index (χ0n) is 17.5. The minimum absolute atomic E-state index is 0.304. The molecule has 5 nitrogen and oxygen atoms in total. The summed E-state index contributed by atoms with van der Waals surface area (Å²) in [5.74, 6) is 0.649. The Morgan fingerprint density at radius 2 is 1.79 bits per heavy atom. The molecule has 0 radical (unpaired) electrons. The average Bonchev–Trinajstić information content (AvgIpc) is 2.75. The number of aromatic nitrogens is 1. The third kappa shape index (κ3) is 6.77. The lowest BCUT2D eigenvalue weighted by Gasteiger charge is -2.35. The van der Waals surface area contributed by atoms with Crippen LogP contribution in [0.3, 0.4) is 0 Å². The molecule has 2 heterocycles. The first-order valence-electron chi connectivity index (χ1n) is 10.3. The van der Waals surface area contributed by atoms with Gasteiger partial charge in [0.25, 0.3) is 0 Å². The molecule has 1 fully saturated rings. The van der Waals surface area contributed by atoms with Crippen LogP contribution in [0.2, 0.25) is 0 Å². The Hall–Kier alpha value is -2.02. The van der Waals surface area contributed by atoms with Gasteiger partial charge >= 0.3 is 0 Å². The van der Waals surface area contributed by atoms with Gasteiger partial charge in [-0.3, -0.25) is 9.88 Å². The van der Waals surface area contributed by atoms with Crippen LogP contribution in [-0.2, 0) is 17.8 Å². The molecule has 6 heteroatoms. The Labute approximate surface area is 173 Å². The predicted octanol–water partition coefficient (Wildman–Crippen LogP) is 3.59. The molecule has 0 N–H and O–H groups in total. The quantitative estimate of drug-likeness (QED) is 0.608. The number of likely N-dealkylation sites (tertiary alicyclic amines) is 1. The number of benzene rings is 1. The van der Waals surface area contributed by atoms with Gasteiger partial charge in [-0.25, -0.2) is 4.39 Å². The molecule has 0 aliphatic carbocycles. The van der Waals surface area contributed by atoms with E-state index >= 15 is 0 Å². The fraction of sp³-hybridized carbons (Fsp3) is 0.522. The number of piperidine rings is 1. The lowest BCUT2D eigenvalue weighted by molar-refractivity contribution is 0.104. The lowest BCUT2D eigenvalue weighted by atomic mass is 9.95. The largest absolute Gasteiger partial charge is 0.494 e. The molecule has 29 heavy (non-hydrogen) atoms. The van der Waals surface area contributed by atoms with Crippen LogP contribution < -0.4 is 4.74 Å². The molecule has 0 spiro atoms. The minimum atomic E-state index is -0.319. The zero-order chi connectivity index (χ0) is 20.5. The number of hydrogen-bond donors (Lipinski definition) is 0. The van der Waals surface area contributed by atoms with Crippen molar-refractivity contribution in [1.29, 1.82) is 0 Å². The topological polar surface area (TPSA) is 37.8 Å². The number of ether oxygens (including phenoxy) is 2. The second kappa shape index (κ2) is 11.2. The van der Waals surface area contributed by atoms with Gasteiger partial charge in [-0.15, -0.1) is 0 Å². The van der Waals surface area contributed by atoms with Crippen molar-refractivity contribution in [2.24, 2.45) is 5.92 Å². The van der Waals surface area contributed by atoms with Crippen molar-refractivity contribution in [3.8, 4) is 5.75 Å². The number of rotatable bonds is 10. The van der Waals surface area contributed by atoms with Gasteiger partial charge in [-0.05, 0) is 67.2 Å². The lowest BCUT2D eigenvalue weighted by Crippen LogP contribution is -2.39. The first kappa shape index (κ1) is 21.7. The van der Waals surface area contributed by atoms with Gasteiger partial charge in [0.05, 0.1) is 13.7 Å². The molecule has 1 saturated heterocycles. The van der Waals surface area contributed by atoms with Gasteiger partial charge in [0.2, 0.25) is 0 Å². The number of hydrogen-bond acceptors (Lipinski definition) is 5. The summed E-state index contributed by atoms with van der Waals surface area (Å²) in [6.07, 6.45) is 6.07. The SMILES string of the molecule is COCCN1CCC(CN(Cc2ccncc2)Cc2ccc(F)c(OC)c2)CC1. The third-order valence-corrected chi connectivity index (χ3v) is 5.61. The average molecular weight is 402 g/mol. The van der Waals surface area contributed by atoms with Crippen LogP contribution in [-0.4, -0.2) is 61.8 Å². The summed E-state index contributed by atoms with van der Waals surface area (Å²) in [6.45, 7) is 6.71. The summed E-state index contributed by atoms with van der Waals surface area (Å²) >= 11 is 0. The number of nitrogens with zero attached hydrogens (tertiary/aromatic N) is 3. The van der Waals surface area contributed by atoms with Gasteiger partial charge in [0, 0.05) is 45.7 Å². The second-order valence-corrected chi connectivity index (χ2v) is 7.77. The Morgan fingerprint density at radius 1 is 1.07 bits per heavy atom. The van der Waals surface area contributed by atoms with E-state index in [-0.39, 0.29) is 5.82 Å². The van der Waals surface area contributed by atoms with Gasteiger partial charge < -0.3 is 14.4 Å². The highest BCUT2D eigenvalue weighted by molar-refractivity contribution is 5.30. The summed E-state index contributed by atoms with van der Waals surface area (Å²) in [7, 11) is 3.27. The second-order valence-electron chi connectivity index (χ2n) is 7.77. The smallest absolute Gasteiger partial charge is 0.165 e. The Morgan fingerprint density at radius 3 is 2.48 bits per heavy atom. The molecule has 0 bridgehead atoms. The molecule has 1 aliphatic rings. The summed E-state index contributed by atoms with van der Waals surface area (Å²) in [5.41, 5.74) is 2.31. The summed E-state index contributed by atoms with van der Waals surface area (Å²) in [4.78, 5) is 9.07. The maximum atomic E-state index is 13.8. The van der Waals surface area contributed by atoms with E-state index in [1.807, 2.05) is 24.5 Å². The van der Waals surface area contributed by atoms with Crippen LogP contribution in [0, 0.1) is 11.7 Å². The zero-order valence-corrected chi connectivity index (χ0v) is 17.5. The summed E-state index contributed by atoms with van der Waals surface area (Å²) in [5, 5.41) is 0. The van der Waals surface area contributed by atoms with E-state index in [1.165, 1.54) is 31.6 Å². The van der Waals surface area contributed by atoms with Crippen molar-refractivity contribution >= 4 is 0 Å². The van der Waals surface area contributed by atoms with Crippen LogP contribution >= 0.6 is 0 Å². The van der Waals surface area contributed by atoms with Crippen molar-refractivity contribution in [3.05, 3.63) is 59.7 Å². The number of pyridine rings is 1. The molecule has 158 valence electrons. The van der Waals surface area contributed by atoms with E-state index in [9.17, 15) is 4.39 Å². The summed E-state index contributed by atoms with van der Waals surface area (Å²) < 4.78 is 24.2. The molecule has 0 unspecified atom stereocenters. The fourth-order valence-electron chi connectivity index (χ4n) is 3.97. The van der Waals surface area contributed by atoms with Crippen molar-refractivity contribution in [1.82, 2.24) is 14.8 Å². The van der Waals surface area contributed by atoms with Crippen LogP contribution in [0.5, 0.6) is 5.75 Å². The van der Waals surface area contributed by atoms with Crippen LogP contribution in [0.1, 0.15) is 24.0 Å². The first-order chi connectivity index (χ1) is 14.2. The number of halogens is 1. The van der Waals surface area contributed by atoms with Gasteiger partial charge in [-0.2, -0.15) is 0 Å². The number of methoxy groups -OCH3 is 2. The molecular weight excluding hydrogens is 369 g/mol. The van der Waals surface area contributed by atoms with Crippen molar-refractivity contribution < 1.29 is 13.9 Å². The van der Waals surface area contributed by atoms with Crippen LogP contribution in [0.15, 0.2) is 42.7 Å². The van der Waals surface area contributed by atoms with Gasteiger partial charge in [-0.1, -0.05) is 6.07 Å². The van der Waals surface area contributed by atoms with Crippen molar-refractivity contribution in [3.63, 3.8) is 0 Å². The van der Waals surface area contributed by atoms with E-state index in [1.54, 1.807) is 7.11 Å². The maximum Gasteiger partial charge on any atom is 0.165 e. The normalized spacial score (nSPS) is 15.7. The molecule has 1 aromatic carbocycles. The third-order valence-electron chi connectivity index (χ3n) is 5.61. The minimum Gasteiger partial charge on any atom is -0.494 e. The Bertz CT molecular complexity index is 736. The van der Waals surface area contributed by atoms with E-state index in [0.29, 0.717) is 11.7 Å². The first-order valence-corrected chi connectivity index (χ1v) is 10.3. The highest BCUT2D eigenvalue weighted by Gasteiger charge is 2.22. The Balaban J connectivity index is 1.64. The van der Waals surface area contributed by atoms with Crippen molar-refractivity contribution in [2.45, 2.75) is 25.9 Å². The predicted molar refractivity (Wildman–Crippen MR) is 112 cm³/mol. The molecule has 1 aliphatic heterocycles.